The largest absolute Gasteiger partial charge is 0.512 e. The molecule has 1 radical (unpaired) electrons. The van der Waals surface area contributed by atoms with E-state index in [-0.39, 0.29) is 65.5 Å². The number of fused-ring (bicyclic) bond motifs is 3. The quantitative estimate of drug-likeness (QED) is 0.0911. The van der Waals surface area contributed by atoms with E-state index in [2.05, 4.69) is 64.7 Å². The SMILES string of the molecule is CCC(C)(CC)C(=O)/C=C(\O)C(C)(CC)CC.[2H]c1nc2c3c(cc(CC(C)(C)C)cc3c1[2H])Sc1c-2[c-]c2ccc(C([2H])([2H])[2H])cc2c1CC(C)(C)C.[Ir]. The monoisotopic (exact) mass is 876 g/mol. The Kier molecular flexibility index (Phi) is 11.1. The number of ketones is 1. The van der Waals surface area contributed by atoms with Crippen LogP contribution >= 0.6 is 11.8 Å². The van der Waals surface area contributed by atoms with E-state index >= 15 is 0 Å². The fraction of sp³-hybridized carbons (Fsp3) is 0.511. The van der Waals surface area contributed by atoms with E-state index in [9.17, 15) is 9.90 Å². The number of carbonyl (C=O) groups excluding carboxylic acids is 1. The summed E-state index contributed by atoms with van der Waals surface area (Å²) in [6.45, 7) is 23.1. The van der Waals surface area contributed by atoms with Crippen molar-refractivity contribution in [2.45, 2.75) is 138 Å². The minimum atomic E-state index is -2.19. The average molecular weight is 876 g/mol. The Morgan fingerprint density at radius 1 is 0.920 bits per heavy atom. The van der Waals surface area contributed by atoms with Gasteiger partial charge in [-0.15, -0.1) is 29.3 Å². The van der Waals surface area contributed by atoms with Gasteiger partial charge in [-0.3, -0.25) is 9.78 Å². The number of aliphatic hydroxyl groups is 1. The first-order valence-electron chi connectivity index (χ1n) is 20.4. The Morgan fingerprint density at radius 3 is 2.10 bits per heavy atom. The molecule has 0 atom stereocenters. The zero-order valence-corrected chi connectivity index (χ0v) is 35.5. The van der Waals surface area contributed by atoms with Gasteiger partial charge in [-0.05, 0) is 89.5 Å². The summed E-state index contributed by atoms with van der Waals surface area (Å²) in [6, 6.07) is 13.3. The minimum absolute atomic E-state index is 0. The Labute approximate surface area is 327 Å². The maximum Gasteiger partial charge on any atom is 0.164 e. The molecule has 1 aliphatic rings. The maximum absolute atomic E-state index is 12.2. The van der Waals surface area contributed by atoms with Gasteiger partial charge in [0.15, 0.2) is 5.78 Å². The number of aromatic nitrogens is 1. The van der Waals surface area contributed by atoms with Gasteiger partial charge in [-0.2, -0.15) is 0 Å². The van der Waals surface area contributed by atoms with E-state index in [1.807, 2.05) is 47.6 Å². The third kappa shape index (κ3) is 9.30. The number of nitrogens with zero attached hydrogens (tertiary/aromatic N) is 1. The molecule has 273 valence electrons. The zero-order chi connectivity index (χ0) is 40.8. The van der Waals surface area contributed by atoms with Crippen LogP contribution in [-0.2, 0) is 37.7 Å². The molecule has 3 nitrogen and oxygen atoms in total. The first kappa shape index (κ1) is 34.6. The van der Waals surface area contributed by atoms with E-state index in [0.717, 1.165) is 86.6 Å². The first-order valence-corrected chi connectivity index (χ1v) is 18.7. The predicted octanol–water partition coefficient (Wildman–Crippen LogP) is 13.5. The Bertz CT molecular complexity index is 2080. The van der Waals surface area contributed by atoms with Gasteiger partial charge >= 0.3 is 0 Å². The van der Waals surface area contributed by atoms with Crippen LogP contribution in [-0.4, -0.2) is 15.9 Å². The van der Waals surface area contributed by atoms with Crippen LogP contribution < -0.4 is 0 Å². The number of aryl methyl sites for hydroxylation is 1. The molecule has 5 rings (SSSR count). The van der Waals surface area contributed by atoms with Gasteiger partial charge in [0.05, 0.1) is 2.74 Å². The van der Waals surface area contributed by atoms with E-state index in [0.29, 0.717) is 11.3 Å². The van der Waals surface area contributed by atoms with Gasteiger partial charge in [-0.25, -0.2) is 0 Å². The van der Waals surface area contributed by atoms with E-state index in [4.69, 9.17) is 6.85 Å². The number of hydrogen-bond donors (Lipinski definition) is 1. The van der Waals surface area contributed by atoms with Gasteiger partial charge in [-0.1, -0.05) is 123 Å². The maximum atomic E-state index is 12.2. The van der Waals surface area contributed by atoms with Crippen molar-refractivity contribution in [3.8, 4) is 11.3 Å². The minimum Gasteiger partial charge on any atom is -0.512 e. The summed E-state index contributed by atoms with van der Waals surface area (Å²) < 4.78 is 41.1. The van der Waals surface area contributed by atoms with Crippen LogP contribution in [0.4, 0.5) is 0 Å². The number of aliphatic hydroxyl groups excluding tert-OH is 1. The van der Waals surface area contributed by atoms with Crippen LogP contribution in [0.5, 0.6) is 0 Å². The molecule has 5 heteroatoms. The topological polar surface area (TPSA) is 50.2 Å². The number of allylic oxidation sites excluding steroid dienone is 2. The molecular formula is C45H60IrNO2S-. The molecule has 0 unspecified atom stereocenters. The van der Waals surface area contributed by atoms with Crippen molar-refractivity contribution in [1.82, 2.24) is 4.98 Å². The van der Waals surface area contributed by atoms with Gasteiger partial charge in [0.2, 0.25) is 0 Å². The Balaban J connectivity index is 0.000000385. The molecular weight excluding hydrogens is 811 g/mol. The number of carbonyl (C=O) groups is 1. The smallest absolute Gasteiger partial charge is 0.164 e. The van der Waals surface area contributed by atoms with E-state index in [1.54, 1.807) is 23.9 Å². The number of hydrogen-bond acceptors (Lipinski definition) is 4. The molecule has 0 saturated carbocycles. The van der Waals surface area contributed by atoms with Crippen molar-refractivity contribution < 1.29 is 36.9 Å². The Morgan fingerprint density at radius 2 is 1.54 bits per heavy atom. The number of benzene rings is 3. The van der Waals surface area contributed by atoms with Gasteiger partial charge < -0.3 is 5.11 Å². The first-order chi connectivity index (χ1) is 24.8. The summed E-state index contributed by atoms with van der Waals surface area (Å²) in [5, 5.41) is 13.6. The second kappa shape index (κ2) is 16.1. The van der Waals surface area contributed by atoms with Crippen molar-refractivity contribution >= 4 is 39.1 Å². The molecule has 0 spiro atoms. The average Bonchev–Trinajstić information content (AvgIpc) is 3.08. The molecule has 4 aromatic rings. The molecule has 3 aromatic carbocycles. The summed E-state index contributed by atoms with van der Waals surface area (Å²) in [7, 11) is 0. The summed E-state index contributed by atoms with van der Waals surface area (Å²) in [6.07, 6.45) is 6.32. The third-order valence-electron chi connectivity index (χ3n) is 10.4. The van der Waals surface area contributed by atoms with Crippen molar-refractivity contribution in [3.05, 3.63) is 77.1 Å². The molecule has 0 aliphatic carbocycles. The second-order valence-electron chi connectivity index (χ2n) is 16.8. The van der Waals surface area contributed by atoms with Crippen LogP contribution in [0, 0.1) is 34.6 Å². The van der Waals surface area contributed by atoms with Crippen molar-refractivity contribution in [2.75, 3.05) is 0 Å². The summed E-state index contributed by atoms with van der Waals surface area (Å²) in [4.78, 5) is 18.9. The fourth-order valence-corrected chi connectivity index (χ4v) is 7.63. The van der Waals surface area contributed by atoms with Crippen molar-refractivity contribution in [1.29, 1.82) is 0 Å². The standard InChI is InChI=1S/C30H32NS.C15H28O2.Ir/c1-18-8-9-20-15-23-27-26-21(10-11-31-27)13-19(16-29(2,3)4)14-25(26)32-28(23)24(22(20)12-18)17-30(5,6)7;1-7-14(5,8-2)12(16)11-13(17)15(6,9-3)10-4;/h8-14H,16-17H2,1-7H3;11,16H,7-10H2,1-6H3;/q-1;;/b;12-11-;/i1D3,10D,11D;;. The molecule has 0 saturated heterocycles. The van der Waals surface area contributed by atoms with Gasteiger partial charge in [0.1, 0.15) is 5.76 Å². The molecule has 50 heavy (non-hydrogen) atoms. The number of rotatable bonds is 9. The molecule has 0 bridgehead atoms. The fourth-order valence-electron chi connectivity index (χ4n) is 6.34. The zero-order valence-electron chi connectivity index (χ0n) is 37.3. The van der Waals surface area contributed by atoms with Crippen LogP contribution in [0.25, 0.3) is 32.8 Å². The predicted molar refractivity (Wildman–Crippen MR) is 212 cm³/mol. The number of pyridine rings is 1. The van der Waals surface area contributed by atoms with Crippen LogP contribution in [0.2, 0.25) is 0 Å². The van der Waals surface area contributed by atoms with Gasteiger partial charge in [0, 0.05) is 57.9 Å². The van der Waals surface area contributed by atoms with Crippen LogP contribution in [0.1, 0.15) is 132 Å². The summed E-state index contributed by atoms with van der Waals surface area (Å²) in [5.41, 5.74) is 3.53. The van der Waals surface area contributed by atoms with E-state index in [1.165, 1.54) is 6.08 Å². The molecule has 1 aliphatic heterocycles. The van der Waals surface area contributed by atoms with Crippen LogP contribution in [0.15, 0.2) is 64.2 Å². The Hall–Kier alpha value is -2.46. The van der Waals surface area contributed by atoms with Crippen LogP contribution in [0.3, 0.4) is 0 Å². The molecule has 0 fully saturated rings. The molecule has 1 N–H and O–H groups in total. The normalized spacial score (nSPS) is 15.1. The molecule has 1 aromatic heterocycles. The summed E-state index contributed by atoms with van der Waals surface area (Å²) >= 11 is 1.67. The van der Waals surface area contributed by atoms with E-state index < -0.39 is 6.85 Å². The van der Waals surface area contributed by atoms with Crippen molar-refractivity contribution in [2.24, 2.45) is 21.7 Å². The molecule has 0 amide bonds. The van der Waals surface area contributed by atoms with Crippen molar-refractivity contribution in [3.63, 3.8) is 0 Å². The second-order valence-corrected chi connectivity index (χ2v) is 17.8. The molecule has 2 heterocycles. The van der Waals surface area contributed by atoms with Gasteiger partial charge in [0.25, 0.3) is 0 Å². The third-order valence-corrected chi connectivity index (χ3v) is 11.6. The summed E-state index contributed by atoms with van der Waals surface area (Å²) in [5.74, 6) is 0.286.